The fraction of sp³-hybridized carbons (Fsp3) is 1.00. The smallest absolute Gasteiger partial charge is 0.0146 e. The van der Waals surface area contributed by atoms with Gasteiger partial charge in [0.05, 0.1) is 0 Å². The fourth-order valence-corrected chi connectivity index (χ4v) is 5.41. The Balaban J connectivity index is 3.81. The summed E-state index contributed by atoms with van der Waals surface area (Å²) in [6.07, 6.45) is 6.56. The zero-order valence-corrected chi connectivity index (χ0v) is 15.7. The number of thiol groups is 3. The predicted molar refractivity (Wildman–Crippen MR) is 103 cm³/mol. The summed E-state index contributed by atoms with van der Waals surface area (Å²) in [6, 6.07) is 0. The molecule has 0 aliphatic heterocycles. The minimum atomic E-state index is 0.735. The van der Waals surface area contributed by atoms with Crippen molar-refractivity contribution in [1.82, 2.24) is 0 Å². The van der Waals surface area contributed by atoms with E-state index in [4.69, 9.17) is 0 Å². The van der Waals surface area contributed by atoms with E-state index in [1.165, 1.54) is 37.9 Å². The molecule has 0 rings (SSSR count). The monoisotopic (exact) mass is 344 g/mol. The van der Waals surface area contributed by atoms with Crippen LogP contribution in [0.5, 0.6) is 0 Å². The molecule has 0 N–H and O–H groups in total. The third-order valence-electron chi connectivity index (χ3n) is 2.75. The molecule has 0 saturated carbocycles. The first-order valence-corrected chi connectivity index (χ1v) is 10.8. The quantitative estimate of drug-likeness (QED) is 0.319. The van der Waals surface area contributed by atoms with Gasteiger partial charge in [-0.2, -0.15) is 61.4 Å². The van der Waals surface area contributed by atoms with Gasteiger partial charge >= 0.3 is 0 Å². The molecule has 18 heavy (non-hydrogen) atoms. The summed E-state index contributed by atoms with van der Waals surface area (Å²) in [6.45, 7) is 2.26. The third-order valence-corrected chi connectivity index (χ3v) is 7.21. The largest absolute Gasteiger partial charge is 0.179 e. The maximum atomic E-state index is 4.49. The van der Waals surface area contributed by atoms with E-state index in [1.807, 2.05) is 0 Å². The lowest BCUT2D eigenvalue weighted by Gasteiger charge is -2.19. The van der Waals surface area contributed by atoms with Crippen molar-refractivity contribution >= 4 is 61.4 Å². The number of hydrogen-bond acceptors (Lipinski definition) is 5. The number of hydrogen-bond donors (Lipinski definition) is 3. The molecule has 0 saturated heterocycles. The Morgan fingerprint density at radius 1 is 0.889 bits per heavy atom. The number of thioether (sulfide) groups is 2. The van der Waals surface area contributed by atoms with Gasteiger partial charge in [-0.25, -0.2) is 0 Å². The van der Waals surface area contributed by atoms with Crippen LogP contribution in [0.3, 0.4) is 0 Å². The molecule has 2 unspecified atom stereocenters. The fourth-order valence-electron chi connectivity index (χ4n) is 1.67. The lowest BCUT2D eigenvalue weighted by atomic mass is 10.2. The first-order valence-electron chi connectivity index (χ1n) is 6.84. The SMILES string of the molecule is CCCCCC(CS)SCC(CCS)SCCS. The van der Waals surface area contributed by atoms with Crippen LogP contribution < -0.4 is 0 Å². The molecule has 0 aromatic carbocycles. The molecule has 0 spiro atoms. The van der Waals surface area contributed by atoms with Crippen molar-refractivity contribution in [1.29, 1.82) is 0 Å². The van der Waals surface area contributed by atoms with Crippen molar-refractivity contribution in [2.75, 3.05) is 28.8 Å². The zero-order chi connectivity index (χ0) is 13.6. The van der Waals surface area contributed by atoms with Gasteiger partial charge in [0, 0.05) is 27.8 Å². The molecular formula is C13H28S5. The highest BCUT2D eigenvalue weighted by Gasteiger charge is 2.13. The molecule has 0 fully saturated rings. The second-order valence-electron chi connectivity index (χ2n) is 4.36. The van der Waals surface area contributed by atoms with Gasteiger partial charge in [0.1, 0.15) is 0 Å². The Labute approximate surface area is 139 Å². The van der Waals surface area contributed by atoms with Crippen molar-refractivity contribution in [2.45, 2.75) is 49.5 Å². The maximum Gasteiger partial charge on any atom is 0.0146 e. The normalized spacial score (nSPS) is 14.7. The van der Waals surface area contributed by atoms with Gasteiger partial charge in [-0.3, -0.25) is 0 Å². The molecular weight excluding hydrogens is 316 g/mol. The topological polar surface area (TPSA) is 0 Å². The van der Waals surface area contributed by atoms with E-state index < -0.39 is 0 Å². The van der Waals surface area contributed by atoms with E-state index in [0.29, 0.717) is 0 Å². The van der Waals surface area contributed by atoms with E-state index in [1.54, 1.807) is 0 Å². The van der Waals surface area contributed by atoms with Gasteiger partial charge < -0.3 is 0 Å². The van der Waals surface area contributed by atoms with Crippen molar-refractivity contribution in [3.63, 3.8) is 0 Å². The lowest BCUT2D eigenvalue weighted by Crippen LogP contribution is -2.14. The van der Waals surface area contributed by atoms with Crippen molar-refractivity contribution in [2.24, 2.45) is 0 Å². The Hall–Kier alpha value is 1.75. The predicted octanol–water partition coefficient (Wildman–Crippen LogP) is 4.95. The Morgan fingerprint density at radius 2 is 1.67 bits per heavy atom. The lowest BCUT2D eigenvalue weighted by molar-refractivity contribution is 0.667. The Bertz CT molecular complexity index is 165. The summed E-state index contributed by atoms with van der Waals surface area (Å²) in [5.74, 6) is 5.39. The van der Waals surface area contributed by atoms with Crippen LogP contribution in [-0.4, -0.2) is 39.3 Å². The van der Waals surface area contributed by atoms with E-state index >= 15 is 0 Å². The van der Waals surface area contributed by atoms with Gasteiger partial charge in [-0.05, 0) is 24.3 Å². The number of rotatable bonds is 13. The Morgan fingerprint density at radius 3 is 2.22 bits per heavy atom. The summed E-state index contributed by atoms with van der Waals surface area (Å²) in [5.41, 5.74) is 0. The standard InChI is InChI=1S/C13H28S5/c1-2-3-4-5-12(10-16)18-11-13(6-7-14)17-9-8-15/h12-16H,2-11H2,1H3. The van der Waals surface area contributed by atoms with Crippen molar-refractivity contribution in [3.8, 4) is 0 Å². The van der Waals surface area contributed by atoms with Gasteiger partial charge in [0.25, 0.3) is 0 Å². The van der Waals surface area contributed by atoms with Crippen molar-refractivity contribution in [3.05, 3.63) is 0 Å². The highest BCUT2D eigenvalue weighted by atomic mass is 32.2. The van der Waals surface area contributed by atoms with Gasteiger partial charge in [0.2, 0.25) is 0 Å². The molecule has 0 aromatic rings. The van der Waals surface area contributed by atoms with Crippen LogP contribution in [0, 0.1) is 0 Å². The van der Waals surface area contributed by atoms with Crippen LogP contribution in [0.25, 0.3) is 0 Å². The molecule has 0 nitrogen and oxygen atoms in total. The molecule has 0 bridgehead atoms. The van der Waals surface area contributed by atoms with E-state index in [-0.39, 0.29) is 0 Å². The molecule has 0 amide bonds. The molecule has 0 radical (unpaired) electrons. The molecule has 5 heteroatoms. The highest BCUT2D eigenvalue weighted by molar-refractivity contribution is 8.04. The average Bonchev–Trinajstić information content (AvgIpc) is 2.39. The van der Waals surface area contributed by atoms with Crippen LogP contribution in [-0.2, 0) is 0 Å². The van der Waals surface area contributed by atoms with Crippen LogP contribution in [0.15, 0.2) is 0 Å². The van der Waals surface area contributed by atoms with E-state index in [9.17, 15) is 0 Å². The summed E-state index contributed by atoms with van der Waals surface area (Å²) in [7, 11) is 0. The first-order chi connectivity index (χ1) is 8.78. The van der Waals surface area contributed by atoms with Gasteiger partial charge in [-0.15, -0.1) is 0 Å². The van der Waals surface area contributed by atoms with Gasteiger partial charge in [0.15, 0.2) is 0 Å². The first kappa shape index (κ1) is 19.8. The summed E-state index contributed by atoms with van der Waals surface area (Å²) in [5, 5.41) is 1.48. The molecule has 0 aromatic heterocycles. The minimum Gasteiger partial charge on any atom is -0.179 e. The van der Waals surface area contributed by atoms with Gasteiger partial charge in [-0.1, -0.05) is 26.2 Å². The summed E-state index contributed by atoms with van der Waals surface area (Å²) in [4.78, 5) is 0. The van der Waals surface area contributed by atoms with E-state index in [0.717, 1.165) is 33.5 Å². The van der Waals surface area contributed by atoms with Crippen LogP contribution in [0.4, 0.5) is 0 Å². The summed E-state index contributed by atoms with van der Waals surface area (Å²) >= 11 is 17.3. The van der Waals surface area contributed by atoms with Crippen LogP contribution in [0.2, 0.25) is 0 Å². The highest BCUT2D eigenvalue weighted by Crippen LogP contribution is 2.26. The Kier molecular flexibility index (Phi) is 16.6. The molecule has 0 aliphatic carbocycles. The molecule has 0 heterocycles. The van der Waals surface area contributed by atoms with E-state index in [2.05, 4.69) is 68.3 Å². The van der Waals surface area contributed by atoms with Crippen molar-refractivity contribution < 1.29 is 0 Å². The minimum absolute atomic E-state index is 0.735. The second kappa shape index (κ2) is 15.1. The molecule has 0 aliphatic rings. The maximum absolute atomic E-state index is 4.49. The molecule has 2 atom stereocenters. The average molecular weight is 345 g/mol. The summed E-state index contributed by atoms with van der Waals surface area (Å²) < 4.78 is 0. The van der Waals surface area contributed by atoms with Crippen LogP contribution >= 0.6 is 61.4 Å². The molecule has 110 valence electrons. The third kappa shape index (κ3) is 11.6. The zero-order valence-electron chi connectivity index (χ0n) is 11.4. The second-order valence-corrected chi connectivity index (χ2v) is 8.36. The number of unbranched alkanes of at least 4 members (excludes halogenated alkanes) is 2. The van der Waals surface area contributed by atoms with Crippen LogP contribution in [0.1, 0.15) is 39.0 Å².